The number of aromatic nitrogens is 3. The normalized spacial score (nSPS) is 11.2. The third kappa shape index (κ3) is 2.71. The SMILES string of the molecule is CNCc1nc(-n2ccc(C(C)C)n2)ccc1Cl. The first-order chi connectivity index (χ1) is 8.61. The van der Waals surface area contributed by atoms with Gasteiger partial charge in [-0.15, -0.1) is 0 Å². The zero-order valence-electron chi connectivity index (χ0n) is 10.8. The zero-order valence-corrected chi connectivity index (χ0v) is 11.6. The van der Waals surface area contributed by atoms with Gasteiger partial charge in [-0.2, -0.15) is 5.10 Å². The molecule has 0 fully saturated rings. The molecule has 0 saturated carbocycles. The first-order valence-corrected chi connectivity index (χ1v) is 6.35. The Morgan fingerprint density at radius 3 is 2.72 bits per heavy atom. The number of halogens is 1. The van der Waals surface area contributed by atoms with E-state index in [1.54, 1.807) is 4.68 Å². The molecule has 18 heavy (non-hydrogen) atoms. The molecule has 2 aromatic rings. The van der Waals surface area contributed by atoms with Gasteiger partial charge in [0.25, 0.3) is 0 Å². The maximum Gasteiger partial charge on any atom is 0.153 e. The van der Waals surface area contributed by atoms with E-state index in [4.69, 9.17) is 11.6 Å². The lowest BCUT2D eigenvalue weighted by Gasteiger charge is -2.06. The highest BCUT2D eigenvalue weighted by molar-refractivity contribution is 6.31. The van der Waals surface area contributed by atoms with Gasteiger partial charge < -0.3 is 5.32 Å². The summed E-state index contributed by atoms with van der Waals surface area (Å²) in [7, 11) is 1.87. The Bertz CT molecular complexity index is 534. The third-order valence-electron chi connectivity index (χ3n) is 2.68. The Balaban J connectivity index is 2.34. The van der Waals surface area contributed by atoms with Gasteiger partial charge in [0.05, 0.1) is 16.4 Å². The lowest BCUT2D eigenvalue weighted by atomic mass is 10.1. The molecule has 0 amide bonds. The predicted octanol–water partition coefficient (Wildman–Crippen LogP) is 2.76. The van der Waals surface area contributed by atoms with Crippen molar-refractivity contribution in [1.29, 1.82) is 0 Å². The molecule has 1 N–H and O–H groups in total. The lowest BCUT2D eigenvalue weighted by Crippen LogP contribution is -2.10. The maximum absolute atomic E-state index is 6.09. The van der Waals surface area contributed by atoms with Crippen LogP contribution in [0.25, 0.3) is 5.82 Å². The zero-order chi connectivity index (χ0) is 13.1. The minimum atomic E-state index is 0.412. The Labute approximate surface area is 112 Å². The molecular formula is C13H17ClN4. The van der Waals surface area contributed by atoms with Crippen LogP contribution in [0.15, 0.2) is 24.4 Å². The molecule has 0 unspecified atom stereocenters. The fourth-order valence-corrected chi connectivity index (χ4v) is 1.84. The largest absolute Gasteiger partial charge is 0.314 e. The Kier molecular flexibility index (Phi) is 3.99. The topological polar surface area (TPSA) is 42.7 Å². The molecule has 0 aromatic carbocycles. The predicted molar refractivity (Wildman–Crippen MR) is 73.2 cm³/mol. The molecule has 0 atom stereocenters. The molecule has 0 radical (unpaired) electrons. The van der Waals surface area contributed by atoms with Gasteiger partial charge in [-0.25, -0.2) is 9.67 Å². The second kappa shape index (κ2) is 5.50. The molecule has 0 bridgehead atoms. The summed E-state index contributed by atoms with van der Waals surface area (Å²) < 4.78 is 1.78. The number of hydrogen-bond donors (Lipinski definition) is 1. The molecule has 0 aliphatic heterocycles. The number of pyridine rings is 1. The highest BCUT2D eigenvalue weighted by Gasteiger charge is 2.08. The van der Waals surface area contributed by atoms with Crippen molar-refractivity contribution in [3.8, 4) is 5.82 Å². The summed E-state index contributed by atoms with van der Waals surface area (Å²) >= 11 is 6.09. The Hall–Kier alpha value is -1.39. The minimum absolute atomic E-state index is 0.412. The van der Waals surface area contributed by atoms with Crippen molar-refractivity contribution < 1.29 is 0 Å². The molecule has 0 spiro atoms. The van der Waals surface area contributed by atoms with E-state index in [-0.39, 0.29) is 0 Å². The summed E-state index contributed by atoms with van der Waals surface area (Å²) in [4.78, 5) is 4.51. The van der Waals surface area contributed by atoms with Crippen LogP contribution in [-0.4, -0.2) is 21.8 Å². The number of nitrogens with one attached hydrogen (secondary N) is 1. The van der Waals surface area contributed by atoms with E-state index in [9.17, 15) is 0 Å². The monoisotopic (exact) mass is 264 g/mol. The number of rotatable bonds is 4. The van der Waals surface area contributed by atoms with Crippen molar-refractivity contribution in [3.63, 3.8) is 0 Å². The van der Waals surface area contributed by atoms with Crippen LogP contribution < -0.4 is 5.32 Å². The van der Waals surface area contributed by atoms with Crippen LogP contribution in [0.1, 0.15) is 31.2 Å². The molecule has 5 heteroatoms. The fraction of sp³-hybridized carbons (Fsp3) is 0.385. The van der Waals surface area contributed by atoms with Crippen LogP contribution in [0, 0.1) is 0 Å². The first kappa shape index (κ1) is 13.1. The third-order valence-corrected chi connectivity index (χ3v) is 3.03. The molecule has 4 nitrogen and oxygen atoms in total. The van der Waals surface area contributed by atoms with E-state index in [0.717, 1.165) is 17.2 Å². The molecule has 2 rings (SSSR count). The fourth-order valence-electron chi connectivity index (χ4n) is 1.67. The summed E-state index contributed by atoms with van der Waals surface area (Å²) in [6, 6.07) is 5.74. The highest BCUT2D eigenvalue weighted by Crippen LogP contribution is 2.17. The average Bonchev–Trinajstić information content (AvgIpc) is 2.82. The van der Waals surface area contributed by atoms with Gasteiger partial charge >= 0.3 is 0 Å². The van der Waals surface area contributed by atoms with Crippen LogP contribution in [-0.2, 0) is 6.54 Å². The van der Waals surface area contributed by atoms with Crippen molar-refractivity contribution in [2.24, 2.45) is 0 Å². The summed E-state index contributed by atoms with van der Waals surface area (Å²) in [5.74, 6) is 1.20. The van der Waals surface area contributed by atoms with Crippen LogP contribution in [0.5, 0.6) is 0 Å². The van der Waals surface area contributed by atoms with E-state index < -0.39 is 0 Å². The summed E-state index contributed by atoms with van der Waals surface area (Å²) in [5.41, 5.74) is 1.89. The van der Waals surface area contributed by atoms with E-state index in [1.165, 1.54) is 0 Å². The Morgan fingerprint density at radius 2 is 2.11 bits per heavy atom. The average molecular weight is 265 g/mol. The first-order valence-electron chi connectivity index (χ1n) is 5.97. The van der Waals surface area contributed by atoms with Gasteiger partial charge in [-0.05, 0) is 31.2 Å². The molecule has 96 valence electrons. The molecule has 0 aliphatic carbocycles. The van der Waals surface area contributed by atoms with Gasteiger partial charge in [0.1, 0.15) is 0 Å². The lowest BCUT2D eigenvalue weighted by molar-refractivity contribution is 0.742. The molecule has 2 heterocycles. The standard InChI is InChI=1S/C13H17ClN4/c1-9(2)11-6-7-18(17-11)13-5-4-10(14)12(16-13)8-15-3/h4-7,9,15H,8H2,1-3H3. The van der Waals surface area contributed by atoms with Crippen molar-refractivity contribution in [1.82, 2.24) is 20.1 Å². The van der Waals surface area contributed by atoms with E-state index in [0.29, 0.717) is 17.5 Å². The second-order valence-electron chi connectivity index (χ2n) is 4.47. The van der Waals surface area contributed by atoms with Crippen molar-refractivity contribution >= 4 is 11.6 Å². The maximum atomic E-state index is 6.09. The van der Waals surface area contributed by atoms with E-state index >= 15 is 0 Å². The van der Waals surface area contributed by atoms with Gasteiger partial charge in [0.15, 0.2) is 5.82 Å². The summed E-state index contributed by atoms with van der Waals surface area (Å²) in [6.45, 7) is 4.88. The molecule has 0 saturated heterocycles. The Morgan fingerprint density at radius 1 is 1.33 bits per heavy atom. The van der Waals surface area contributed by atoms with Crippen molar-refractivity contribution in [2.45, 2.75) is 26.3 Å². The van der Waals surface area contributed by atoms with Gasteiger partial charge in [-0.3, -0.25) is 0 Å². The highest BCUT2D eigenvalue weighted by atomic mass is 35.5. The quantitative estimate of drug-likeness (QED) is 0.923. The number of hydrogen-bond acceptors (Lipinski definition) is 3. The van der Waals surface area contributed by atoms with E-state index in [1.807, 2.05) is 31.4 Å². The van der Waals surface area contributed by atoms with Crippen LogP contribution >= 0.6 is 11.6 Å². The number of nitrogens with zero attached hydrogens (tertiary/aromatic N) is 3. The van der Waals surface area contributed by atoms with Gasteiger partial charge in [-0.1, -0.05) is 25.4 Å². The minimum Gasteiger partial charge on any atom is -0.314 e. The van der Waals surface area contributed by atoms with Gasteiger partial charge in [0, 0.05) is 12.7 Å². The van der Waals surface area contributed by atoms with Crippen molar-refractivity contribution in [3.05, 3.63) is 40.8 Å². The van der Waals surface area contributed by atoms with E-state index in [2.05, 4.69) is 29.2 Å². The summed E-state index contributed by atoms with van der Waals surface area (Å²) in [5, 5.41) is 8.22. The molecular weight excluding hydrogens is 248 g/mol. The van der Waals surface area contributed by atoms with Crippen molar-refractivity contribution in [2.75, 3.05) is 7.05 Å². The van der Waals surface area contributed by atoms with Gasteiger partial charge in [0.2, 0.25) is 0 Å². The summed E-state index contributed by atoms with van der Waals surface area (Å²) in [6.07, 6.45) is 1.93. The second-order valence-corrected chi connectivity index (χ2v) is 4.88. The van der Waals surface area contributed by atoms with Crippen LogP contribution in [0.4, 0.5) is 0 Å². The smallest absolute Gasteiger partial charge is 0.153 e. The van der Waals surface area contributed by atoms with Crippen LogP contribution in [0.3, 0.4) is 0 Å². The molecule has 2 aromatic heterocycles. The van der Waals surface area contributed by atoms with Crippen LogP contribution in [0.2, 0.25) is 5.02 Å². The molecule has 0 aliphatic rings.